The first-order valence-electron chi connectivity index (χ1n) is 8.02. The third-order valence-electron chi connectivity index (χ3n) is 4.45. The van der Waals surface area contributed by atoms with Gasteiger partial charge in [-0.15, -0.1) is 0 Å². The molecule has 2 rings (SSSR count). The van der Waals surface area contributed by atoms with Gasteiger partial charge in [-0.05, 0) is 51.4 Å². The molecule has 0 unspecified atom stereocenters. The van der Waals surface area contributed by atoms with Crippen LogP contribution >= 0.6 is 0 Å². The predicted octanol–water partition coefficient (Wildman–Crippen LogP) is 3.33. The number of aryl methyl sites for hydroxylation is 1. The third-order valence-corrected chi connectivity index (χ3v) is 4.45. The molecule has 1 heterocycles. The molecule has 1 N–H and O–H groups in total. The van der Waals surface area contributed by atoms with Crippen LogP contribution in [-0.4, -0.2) is 36.1 Å². The maximum atomic E-state index is 9.18. The fraction of sp³-hybridized carbons (Fsp3) is 0.647. The van der Waals surface area contributed by atoms with Crippen LogP contribution in [0.25, 0.3) is 0 Å². The Hall–Kier alpha value is -1.60. The number of nitrogens with zero attached hydrogens (tertiary/aromatic N) is 3. The summed E-state index contributed by atoms with van der Waals surface area (Å²) in [5.41, 5.74) is 1.65. The van der Waals surface area contributed by atoms with E-state index in [-0.39, 0.29) is 0 Å². The van der Waals surface area contributed by atoms with Crippen molar-refractivity contribution in [3.8, 4) is 6.07 Å². The summed E-state index contributed by atoms with van der Waals surface area (Å²) in [6.45, 7) is 3.91. The van der Waals surface area contributed by atoms with Crippen LogP contribution in [-0.2, 0) is 0 Å². The molecule has 0 saturated heterocycles. The monoisotopic (exact) mass is 286 g/mol. The second-order valence-corrected chi connectivity index (χ2v) is 6.02. The van der Waals surface area contributed by atoms with Crippen molar-refractivity contribution in [2.75, 3.05) is 25.5 Å². The minimum absolute atomic E-state index is 0.665. The SMILES string of the molecule is Cc1ccnc(NCCCN(C)C2CCCCC2)c1C#N. The van der Waals surface area contributed by atoms with Crippen LogP contribution in [0.2, 0.25) is 0 Å². The summed E-state index contributed by atoms with van der Waals surface area (Å²) in [6.07, 6.45) is 9.70. The minimum atomic E-state index is 0.665. The lowest BCUT2D eigenvalue weighted by Gasteiger charge is -2.31. The van der Waals surface area contributed by atoms with E-state index in [1.54, 1.807) is 6.20 Å². The average molecular weight is 286 g/mol. The van der Waals surface area contributed by atoms with Crippen molar-refractivity contribution in [1.82, 2.24) is 9.88 Å². The Bertz CT molecular complexity index is 486. The minimum Gasteiger partial charge on any atom is -0.369 e. The Morgan fingerprint density at radius 1 is 1.38 bits per heavy atom. The molecule has 0 radical (unpaired) electrons. The second-order valence-electron chi connectivity index (χ2n) is 6.02. The predicted molar refractivity (Wildman–Crippen MR) is 86.3 cm³/mol. The van der Waals surface area contributed by atoms with E-state index in [4.69, 9.17) is 0 Å². The largest absolute Gasteiger partial charge is 0.369 e. The molecule has 1 aromatic rings. The van der Waals surface area contributed by atoms with E-state index < -0.39 is 0 Å². The summed E-state index contributed by atoms with van der Waals surface area (Å²) in [6, 6.07) is 4.87. The molecule has 0 bridgehead atoms. The second kappa shape index (κ2) is 7.99. The zero-order valence-electron chi connectivity index (χ0n) is 13.2. The highest BCUT2D eigenvalue weighted by Crippen LogP contribution is 2.21. The van der Waals surface area contributed by atoms with Gasteiger partial charge in [-0.1, -0.05) is 19.3 Å². The molecule has 0 atom stereocenters. The molecule has 0 aliphatic heterocycles. The van der Waals surface area contributed by atoms with Crippen LogP contribution in [0.15, 0.2) is 12.3 Å². The molecule has 1 fully saturated rings. The van der Waals surface area contributed by atoms with Gasteiger partial charge in [-0.2, -0.15) is 5.26 Å². The summed E-state index contributed by atoms with van der Waals surface area (Å²) in [5, 5.41) is 12.5. The van der Waals surface area contributed by atoms with Gasteiger partial charge < -0.3 is 10.2 Å². The van der Waals surface area contributed by atoms with Crippen LogP contribution in [0, 0.1) is 18.3 Å². The van der Waals surface area contributed by atoms with E-state index in [1.807, 2.05) is 13.0 Å². The highest BCUT2D eigenvalue weighted by atomic mass is 15.1. The topological polar surface area (TPSA) is 52.0 Å². The van der Waals surface area contributed by atoms with Crippen molar-refractivity contribution in [2.45, 2.75) is 51.5 Å². The van der Waals surface area contributed by atoms with Gasteiger partial charge >= 0.3 is 0 Å². The Balaban J connectivity index is 1.75. The van der Waals surface area contributed by atoms with Gasteiger partial charge in [0.15, 0.2) is 0 Å². The van der Waals surface area contributed by atoms with Gasteiger partial charge in [0.2, 0.25) is 0 Å². The van der Waals surface area contributed by atoms with Gasteiger partial charge in [0.1, 0.15) is 11.9 Å². The Morgan fingerprint density at radius 3 is 2.86 bits per heavy atom. The average Bonchev–Trinajstić information content (AvgIpc) is 2.52. The van der Waals surface area contributed by atoms with Crippen LogP contribution in [0.3, 0.4) is 0 Å². The van der Waals surface area contributed by atoms with Crippen molar-refractivity contribution in [2.24, 2.45) is 0 Å². The van der Waals surface area contributed by atoms with Crippen molar-refractivity contribution in [3.63, 3.8) is 0 Å². The van der Waals surface area contributed by atoms with E-state index >= 15 is 0 Å². The summed E-state index contributed by atoms with van der Waals surface area (Å²) in [4.78, 5) is 6.77. The van der Waals surface area contributed by atoms with Crippen molar-refractivity contribution >= 4 is 5.82 Å². The number of hydrogen-bond donors (Lipinski definition) is 1. The molecule has 0 spiro atoms. The Morgan fingerprint density at radius 2 is 2.14 bits per heavy atom. The fourth-order valence-electron chi connectivity index (χ4n) is 3.07. The zero-order chi connectivity index (χ0) is 15.1. The smallest absolute Gasteiger partial charge is 0.144 e. The van der Waals surface area contributed by atoms with E-state index in [9.17, 15) is 5.26 Å². The van der Waals surface area contributed by atoms with E-state index in [2.05, 4.69) is 28.3 Å². The van der Waals surface area contributed by atoms with Gasteiger partial charge in [-0.3, -0.25) is 0 Å². The van der Waals surface area contributed by atoms with Crippen LogP contribution in [0.1, 0.15) is 49.7 Å². The first kappa shape index (κ1) is 15.8. The fourth-order valence-corrected chi connectivity index (χ4v) is 3.07. The number of nitriles is 1. The highest BCUT2D eigenvalue weighted by Gasteiger charge is 2.17. The normalized spacial score (nSPS) is 15.9. The van der Waals surface area contributed by atoms with Crippen molar-refractivity contribution in [3.05, 3.63) is 23.4 Å². The molecule has 1 aromatic heterocycles. The number of rotatable bonds is 6. The standard InChI is InChI=1S/C17H26N4/c1-14-9-11-20-17(16(14)13-18)19-10-6-12-21(2)15-7-4-3-5-8-15/h9,11,15H,3-8,10,12H2,1-2H3,(H,19,20). The van der Waals surface area contributed by atoms with Crippen LogP contribution in [0.5, 0.6) is 0 Å². The number of anilines is 1. The number of pyridine rings is 1. The first-order valence-corrected chi connectivity index (χ1v) is 8.02. The quantitative estimate of drug-likeness (QED) is 0.815. The van der Waals surface area contributed by atoms with Gasteiger partial charge in [0.05, 0.1) is 5.56 Å². The lowest BCUT2D eigenvalue weighted by Crippen LogP contribution is -2.34. The molecular formula is C17H26N4. The van der Waals surface area contributed by atoms with Gasteiger partial charge in [-0.25, -0.2) is 4.98 Å². The molecule has 0 amide bonds. The van der Waals surface area contributed by atoms with Crippen LogP contribution < -0.4 is 5.32 Å². The molecule has 1 saturated carbocycles. The van der Waals surface area contributed by atoms with Gasteiger partial charge in [0, 0.05) is 18.8 Å². The molecule has 1 aliphatic carbocycles. The molecule has 1 aliphatic rings. The zero-order valence-corrected chi connectivity index (χ0v) is 13.2. The molecule has 4 nitrogen and oxygen atoms in total. The molecule has 114 valence electrons. The van der Waals surface area contributed by atoms with Crippen molar-refractivity contribution in [1.29, 1.82) is 5.26 Å². The maximum absolute atomic E-state index is 9.18. The molecule has 0 aromatic carbocycles. The maximum Gasteiger partial charge on any atom is 0.144 e. The molecule has 21 heavy (non-hydrogen) atoms. The van der Waals surface area contributed by atoms with E-state index in [0.717, 1.165) is 36.9 Å². The Kier molecular flexibility index (Phi) is 6.01. The number of nitrogens with one attached hydrogen (secondary N) is 1. The van der Waals surface area contributed by atoms with Crippen molar-refractivity contribution < 1.29 is 0 Å². The lowest BCUT2D eigenvalue weighted by atomic mass is 9.94. The van der Waals surface area contributed by atoms with E-state index in [0.29, 0.717) is 5.56 Å². The Labute approximate surface area is 128 Å². The molecular weight excluding hydrogens is 260 g/mol. The summed E-state index contributed by atoms with van der Waals surface area (Å²) in [7, 11) is 2.24. The van der Waals surface area contributed by atoms with E-state index in [1.165, 1.54) is 32.1 Å². The van der Waals surface area contributed by atoms with Gasteiger partial charge in [0.25, 0.3) is 0 Å². The number of hydrogen-bond acceptors (Lipinski definition) is 4. The van der Waals surface area contributed by atoms with Crippen LogP contribution in [0.4, 0.5) is 5.82 Å². The number of aromatic nitrogens is 1. The summed E-state index contributed by atoms with van der Waals surface area (Å²) in [5.74, 6) is 0.720. The highest BCUT2D eigenvalue weighted by molar-refractivity contribution is 5.55. The summed E-state index contributed by atoms with van der Waals surface area (Å²) >= 11 is 0. The first-order chi connectivity index (χ1) is 10.2. The summed E-state index contributed by atoms with van der Waals surface area (Å²) < 4.78 is 0. The third kappa shape index (κ3) is 4.44. The molecule has 4 heteroatoms. The lowest BCUT2D eigenvalue weighted by molar-refractivity contribution is 0.191.